The van der Waals surface area contributed by atoms with E-state index in [0.29, 0.717) is 0 Å². The van der Waals surface area contributed by atoms with Crippen LogP contribution in [-0.2, 0) is 4.74 Å². The lowest BCUT2D eigenvalue weighted by Crippen LogP contribution is -2.38. The van der Waals surface area contributed by atoms with E-state index < -0.39 is 0 Å². The molecule has 2 N–H and O–H groups in total. The number of rotatable bonds is 3. The molecule has 1 aromatic heterocycles. The Kier molecular flexibility index (Phi) is 6.18. The van der Waals surface area contributed by atoms with Gasteiger partial charge in [0.1, 0.15) is 0 Å². The zero-order valence-electron chi connectivity index (χ0n) is 14.9. The summed E-state index contributed by atoms with van der Waals surface area (Å²) in [5.74, 6) is 0.973. The SMILES string of the molecule is CC.Nc1ccccc1-c1cn2c(n1)SCC=C2CN1CCOCC1. The molecule has 5 nitrogen and oxygen atoms in total. The first-order valence-electron chi connectivity index (χ1n) is 8.88. The summed E-state index contributed by atoms with van der Waals surface area (Å²) < 4.78 is 7.65. The van der Waals surface area contributed by atoms with Gasteiger partial charge in [0, 0.05) is 48.5 Å². The fraction of sp³-hybridized carbons (Fsp3) is 0.421. The van der Waals surface area contributed by atoms with E-state index in [1.54, 1.807) is 11.8 Å². The van der Waals surface area contributed by atoms with E-state index >= 15 is 0 Å². The molecule has 0 spiro atoms. The number of benzene rings is 1. The van der Waals surface area contributed by atoms with E-state index in [-0.39, 0.29) is 0 Å². The molecule has 1 fully saturated rings. The molecule has 0 amide bonds. The van der Waals surface area contributed by atoms with Gasteiger partial charge < -0.3 is 10.5 Å². The Balaban J connectivity index is 0.000000880. The first kappa shape index (κ1) is 18.0. The molecule has 0 saturated carbocycles. The standard InChI is InChI=1S/C17H20N4OS.C2H6/c18-15-4-2-1-3-14(15)16-12-21-13(5-10-23-17(21)19-16)11-20-6-8-22-9-7-20;1-2/h1-5,12H,6-11,18H2;1-2H3. The average molecular weight is 359 g/mol. The van der Waals surface area contributed by atoms with E-state index in [4.69, 9.17) is 15.5 Å². The molecule has 2 aliphatic heterocycles. The molecule has 0 atom stereocenters. The highest BCUT2D eigenvalue weighted by atomic mass is 32.2. The summed E-state index contributed by atoms with van der Waals surface area (Å²) >= 11 is 1.77. The first-order chi connectivity index (χ1) is 12.3. The number of fused-ring (bicyclic) bond motifs is 1. The fourth-order valence-electron chi connectivity index (χ4n) is 2.97. The number of ether oxygens (including phenoxy) is 1. The van der Waals surface area contributed by atoms with Gasteiger partial charge in [-0.05, 0) is 6.07 Å². The predicted molar refractivity (Wildman–Crippen MR) is 106 cm³/mol. The van der Waals surface area contributed by atoms with Gasteiger partial charge in [0.15, 0.2) is 5.16 Å². The van der Waals surface area contributed by atoms with Crippen molar-refractivity contribution in [1.82, 2.24) is 14.5 Å². The second-order valence-corrected chi connectivity index (χ2v) is 6.75. The first-order valence-corrected chi connectivity index (χ1v) is 9.86. The van der Waals surface area contributed by atoms with E-state index in [1.165, 1.54) is 5.70 Å². The number of nitrogens with two attached hydrogens (primary N) is 1. The Bertz CT molecular complexity index is 735. The maximum atomic E-state index is 6.10. The van der Waals surface area contributed by atoms with Crippen LogP contribution in [0.15, 0.2) is 41.7 Å². The van der Waals surface area contributed by atoms with Crippen LogP contribution in [0.4, 0.5) is 5.69 Å². The number of thioether (sulfide) groups is 1. The second kappa shape index (κ2) is 8.56. The summed E-state index contributed by atoms with van der Waals surface area (Å²) in [6.07, 6.45) is 4.41. The van der Waals surface area contributed by atoms with Gasteiger partial charge in [0.2, 0.25) is 0 Å². The summed E-state index contributed by atoms with van der Waals surface area (Å²) in [5, 5.41) is 1.05. The molecule has 25 heavy (non-hydrogen) atoms. The maximum absolute atomic E-state index is 6.10. The van der Waals surface area contributed by atoms with E-state index in [9.17, 15) is 0 Å². The largest absolute Gasteiger partial charge is 0.398 e. The summed E-state index contributed by atoms with van der Waals surface area (Å²) in [6.45, 7) is 8.58. The number of nitrogens with zero attached hydrogens (tertiary/aromatic N) is 3. The molecule has 3 heterocycles. The number of nitrogen functional groups attached to an aromatic ring is 1. The van der Waals surface area contributed by atoms with Gasteiger partial charge in [-0.15, -0.1) is 0 Å². The minimum Gasteiger partial charge on any atom is -0.398 e. The van der Waals surface area contributed by atoms with Crippen LogP contribution in [0, 0.1) is 0 Å². The lowest BCUT2D eigenvalue weighted by atomic mass is 10.1. The summed E-state index contributed by atoms with van der Waals surface area (Å²) in [6, 6.07) is 7.90. The minimum atomic E-state index is 0.770. The van der Waals surface area contributed by atoms with Gasteiger partial charge in [-0.25, -0.2) is 4.98 Å². The van der Waals surface area contributed by atoms with Crippen molar-refractivity contribution < 1.29 is 4.74 Å². The third kappa shape index (κ3) is 4.08. The van der Waals surface area contributed by atoms with Crippen molar-refractivity contribution in [3.63, 3.8) is 0 Å². The summed E-state index contributed by atoms with van der Waals surface area (Å²) in [5.41, 5.74) is 10.1. The normalized spacial score (nSPS) is 17.3. The molecule has 1 aromatic carbocycles. The van der Waals surface area contributed by atoms with Gasteiger partial charge in [-0.2, -0.15) is 0 Å². The molecule has 0 aliphatic carbocycles. The van der Waals surface area contributed by atoms with Crippen LogP contribution >= 0.6 is 11.8 Å². The van der Waals surface area contributed by atoms with E-state index in [2.05, 4.69) is 21.7 Å². The Hall–Kier alpha value is -1.76. The summed E-state index contributed by atoms with van der Waals surface area (Å²) in [7, 11) is 0. The molecule has 4 rings (SSSR count). The van der Waals surface area contributed by atoms with Gasteiger partial charge >= 0.3 is 0 Å². The van der Waals surface area contributed by atoms with Crippen LogP contribution in [0.5, 0.6) is 0 Å². The highest BCUT2D eigenvalue weighted by Crippen LogP contribution is 2.32. The Labute approximate surface area is 153 Å². The molecule has 0 bridgehead atoms. The van der Waals surface area contributed by atoms with Crippen molar-refractivity contribution in [2.45, 2.75) is 19.0 Å². The highest BCUT2D eigenvalue weighted by Gasteiger charge is 2.20. The lowest BCUT2D eigenvalue weighted by Gasteiger charge is -2.28. The van der Waals surface area contributed by atoms with Crippen LogP contribution in [0.25, 0.3) is 17.0 Å². The molecule has 0 unspecified atom stereocenters. The summed E-state index contributed by atoms with van der Waals surface area (Å²) in [4.78, 5) is 7.22. The Morgan fingerprint density at radius 1 is 1.20 bits per heavy atom. The molecule has 6 heteroatoms. The van der Waals surface area contributed by atoms with E-state index in [0.717, 1.165) is 60.7 Å². The van der Waals surface area contributed by atoms with Crippen LogP contribution in [-0.4, -0.2) is 53.1 Å². The molecule has 2 aliphatic rings. The predicted octanol–water partition coefficient (Wildman–Crippen LogP) is 3.44. The number of hydrogen-bond acceptors (Lipinski definition) is 5. The number of hydrogen-bond donors (Lipinski definition) is 1. The minimum absolute atomic E-state index is 0.770. The number of anilines is 1. The van der Waals surface area contributed by atoms with Crippen LogP contribution < -0.4 is 5.73 Å². The Morgan fingerprint density at radius 2 is 1.96 bits per heavy atom. The zero-order chi connectivity index (χ0) is 17.6. The monoisotopic (exact) mass is 358 g/mol. The van der Waals surface area contributed by atoms with Gasteiger partial charge in [-0.3, -0.25) is 9.47 Å². The van der Waals surface area contributed by atoms with Crippen LogP contribution in [0.1, 0.15) is 13.8 Å². The van der Waals surface area contributed by atoms with Crippen LogP contribution in [0.3, 0.4) is 0 Å². The van der Waals surface area contributed by atoms with E-state index in [1.807, 2.05) is 38.1 Å². The quantitative estimate of drug-likeness (QED) is 0.852. The van der Waals surface area contributed by atoms with Crippen molar-refractivity contribution in [2.75, 3.05) is 44.3 Å². The van der Waals surface area contributed by atoms with Gasteiger partial charge in [0.25, 0.3) is 0 Å². The number of aromatic nitrogens is 2. The third-order valence-corrected chi connectivity index (χ3v) is 5.12. The zero-order valence-corrected chi connectivity index (χ0v) is 15.8. The second-order valence-electron chi connectivity index (χ2n) is 5.76. The average Bonchev–Trinajstić information content (AvgIpc) is 3.10. The van der Waals surface area contributed by atoms with Gasteiger partial charge in [-0.1, -0.05) is 49.9 Å². The van der Waals surface area contributed by atoms with Gasteiger partial charge in [0.05, 0.1) is 18.9 Å². The van der Waals surface area contributed by atoms with Crippen LogP contribution in [0.2, 0.25) is 0 Å². The fourth-order valence-corrected chi connectivity index (χ4v) is 3.87. The maximum Gasteiger partial charge on any atom is 0.173 e. The topological polar surface area (TPSA) is 56.3 Å². The number of imidazole rings is 1. The number of morpholine rings is 1. The van der Waals surface area contributed by atoms with Crippen molar-refractivity contribution >= 4 is 23.1 Å². The van der Waals surface area contributed by atoms with Crippen molar-refractivity contribution in [3.05, 3.63) is 36.5 Å². The van der Waals surface area contributed by atoms with Crippen molar-refractivity contribution in [1.29, 1.82) is 0 Å². The molecular formula is C19H26N4OS. The lowest BCUT2D eigenvalue weighted by molar-refractivity contribution is 0.0438. The smallest absolute Gasteiger partial charge is 0.173 e. The molecule has 134 valence electrons. The van der Waals surface area contributed by atoms with Crippen molar-refractivity contribution in [3.8, 4) is 11.3 Å². The van der Waals surface area contributed by atoms with Crippen molar-refractivity contribution in [2.24, 2.45) is 0 Å². The molecule has 2 aromatic rings. The molecule has 1 saturated heterocycles. The third-order valence-electron chi connectivity index (χ3n) is 4.24. The number of para-hydroxylation sites is 1. The molecular weight excluding hydrogens is 332 g/mol. The Morgan fingerprint density at radius 3 is 2.72 bits per heavy atom. The highest BCUT2D eigenvalue weighted by molar-refractivity contribution is 7.99. The molecule has 0 radical (unpaired) electrons.